The molecule has 0 saturated heterocycles. The molecule has 12 heteroatoms. The number of hydrogen-bond donors (Lipinski definition) is 2. The number of benzene rings is 3. The normalized spacial score (nSPS) is 11.7. The second kappa shape index (κ2) is 13.1. The fourth-order valence-corrected chi connectivity index (χ4v) is 5.60. The third-order valence-corrected chi connectivity index (χ3v) is 7.91. The average Bonchev–Trinajstić information content (AvgIpc) is 3.41. The van der Waals surface area contributed by atoms with E-state index >= 15 is 0 Å². The fourth-order valence-electron chi connectivity index (χ4n) is 4.90. The van der Waals surface area contributed by atoms with Gasteiger partial charge in [0.2, 0.25) is 0 Å². The fraction of sp³-hybridized carbons (Fsp3) is 0.121. The molecule has 0 aliphatic rings. The lowest BCUT2D eigenvalue weighted by molar-refractivity contribution is -0.137. The quantitative estimate of drug-likeness (QED) is 0.160. The Morgan fingerprint density at radius 1 is 1.00 bits per heavy atom. The van der Waals surface area contributed by atoms with Crippen LogP contribution in [0, 0.1) is 5.82 Å². The Hall–Kier alpha value is -5.36. The number of halogens is 2. The lowest BCUT2D eigenvalue weighted by Crippen LogP contribution is -2.32. The molecule has 0 amide bonds. The molecule has 3 aromatic heterocycles. The summed E-state index contributed by atoms with van der Waals surface area (Å²) in [5.41, 5.74) is 4.15. The smallest absolute Gasteiger partial charge is 0.326 e. The summed E-state index contributed by atoms with van der Waals surface area (Å²) in [7, 11) is 1.60. The number of carboxylic acid groups (broad SMARTS) is 1. The zero-order chi connectivity index (χ0) is 31.3. The number of carbonyl (C=O) groups is 1. The van der Waals surface area contributed by atoms with Gasteiger partial charge in [0, 0.05) is 24.4 Å². The Morgan fingerprint density at radius 3 is 2.53 bits per heavy atom. The Bertz CT molecular complexity index is 1980. The largest absolute Gasteiger partial charge is 0.496 e. The summed E-state index contributed by atoms with van der Waals surface area (Å²) in [6, 6.07) is 21.5. The molecule has 226 valence electrons. The molecule has 6 aromatic rings. The molecular formula is C33H26BrFN6O4. The maximum atomic E-state index is 13.5. The molecule has 3 aromatic carbocycles. The van der Waals surface area contributed by atoms with E-state index in [0.29, 0.717) is 44.4 Å². The van der Waals surface area contributed by atoms with E-state index in [1.165, 1.54) is 18.5 Å². The lowest BCUT2D eigenvalue weighted by atomic mass is 10.0. The summed E-state index contributed by atoms with van der Waals surface area (Å²) < 4.78 is 27.3. The van der Waals surface area contributed by atoms with Crippen molar-refractivity contribution in [3.05, 3.63) is 119 Å². The molecule has 2 N–H and O–H groups in total. The number of methoxy groups -OCH3 is 1. The van der Waals surface area contributed by atoms with Crippen LogP contribution in [-0.2, 0) is 17.8 Å². The number of rotatable bonds is 11. The Balaban J connectivity index is 1.22. The van der Waals surface area contributed by atoms with Crippen LogP contribution in [0.5, 0.6) is 11.5 Å². The van der Waals surface area contributed by atoms with Crippen LogP contribution in [0.3, 0.4) is 0 Å². The number of aliphatic carboxylic acids is 1. The van der Waals surface area contributed by atoms with E-state index in [-0.39, 0.29) is 18.8 Å². The summed E-state index contributed by atoms with van der Waals surface area (Å²) in [6.07, 6.45) is 4.87. The minimum Gasteiger partial charge on any atom is -0.496 e. The predicted molar refractivity (Wildman–Crippen MR) is 170 cm³/mol. The second-order valence-corrected chi connectivity index (χ2v) is 10.8. The minimum absolute atomic E-state index is 0.0983. The van der Waals surface area contributed by atoms with Crippen molar-refractivity contribution in [3.8, 4) is 34.0 Å². The van der Waals surface area contributed by atoms with Gasteiger partial charge in [-0.25, -0.2) is 28.7 Å². The highest BCUT2D eigenvalue weighted by atomic mass is 79.9. The van der Waals surface area contributed by atoms with Crippen molar-refractivity contribution < 1.29 is 23.8 Å². The maximum absolute atomic E-state index is 13.5. The highest BCUT2D eigenvalue weighted by Crippen LogP contribution is 2.36. The van der Waals surface area contributed by atoms with Crippen LogP contribution < -0.4 is 14.8 Å². The molecule has 10 nitrogen and oxygen atoms in total. The van der Waals surface area contributed by atoms with Crippen LogP contribution in [0.25, 0.3) is 28.0 Å². The summed E-state index contributed by atoms with van der Waals surface area (Å²) >= 11 is 3.61. The molecule has 0 bridgehead atoms. The van der Waals surface area contributed by atoms with Crippen LogP contribution in [0.1, 0.15) is 11.3 Å². The Kier molecular flexibility index (Phi) is 8.65. The van der Waals surface area contributed by atoms with Crippen LogP contribution in [-0.4, -0.2) is 48.8 Å². The van der Waals surface area contributed by atoms with Crippen molar-refractivity contribution in [1.82, 2.24) is 24.6 Å². The van der Waals surface area contributed by atoms with Crippen molar-refractivity contribution in [2.45, 2.75) is 19.1 Å². The van der Waals surface area contributed by atoms with Gasteiger partial charge in [0.05, 0.1) is 22.8 Å². The summed E-state index contributed by atoms with van der Waals surface area (Å²) in [5.74, 6) is 0.601. The van der Waals surface area contributed by atoms with Gasteiger partial charge in [-0.05, 0) is 63.5 Å². The first-order chi connectivity index (χ1) is 21.9. The molecule has 0 fully saturated rings. The van der Waals surface area contributed by atoms with E-state index in [1.807, 2.05) is 42.5 Å². The van der Waals surface area contributed by atoms with E-state index in [0.717, 1.165) is 16.7 Å². The molecule has 0 spiro atoms. The molecule has 0 aliphatic carbocycles. The predicted octanol–water partition coefficient (Wildman–Crippen LogP) is 6.45. The van der Waals surface area contributed by atoms with E-state index in [1.54, 1.807) is 48.3 Å². The number of hydrogen-bond acceptors (Lipinski definition) is 8. The van der Waals surface area contributed by atoms with E-state index < -0.39 is 12.0 Å². The monoisotopic (exact) mass is 668 g/mol. The first-order valence-electron chi connectivity index (χ1n) is 13.8. The summed E-state index contributed by atoms with van der Waals surface area (Å²) in [6.45, 7) is 0.142. The van der Waals surface area contributed by atoms with Gasteiger partial charge in [-0.1, -0.05) is 42.5 Å². The Morgan fingerprint density at radius 2 is 1.76 bits per heavy atom. The number of nitrogens with zero attached hydrogens (tertiary/aromatic N) is 5. The van der Waals surface area contributed by atoms with E-state index in [2.05, 4.69) is 41.3 Å². The highest BCUT2D eigenvalue weighted by Gasteiger charge is 2.24. The third kappa shape index (κ3) is 6.46. The number of aromatic nitrogens is 5. The first kappa shape index (κ1) is 29.7. The average molecular weight is 670 g/mol. The number of para-hydroxylation sites is 2. The molecule has 6 rings (SSSR count). The van der Waals surface area contributed by atoms with Crippen LogP contribution in [0.4, 0.5) is 10.2 Å². The van der Waals surface area contributed by atoms with Gasteiger partial charge in [-0.3, -0.25) is 0 Å². The first-order valence-corrected chi connectivity index (χ1v) is 14.6. The molecule has 45 heavy (non-hydrogen) atoms. The lowest BCUT2D eigenvalue weighted by Gasteiger charge is -2.18. The van der Waals surface area contributed by atoms with Gasteiger partial charge in [-0.2, -0.15) is 5.10 Å². The van der Waals surface area contributed by atoms with Gasteiger partial charge < -0.3 is 19.9 Å². The third-order valence-electron chi connectivity index (χ3n) is 7.11. The number of carboxylic acids is 1. The van der Waals surface area contributed by atoms with Gasteiger partial charge in [-0.15, -0.1) is 0 Å². The standard InChI is InChI=1S/C33H26BrFN6O4/c1-44-28-9-5-3-7-24(28)31-36-15-14-23(39-31)18-45-27-8-4-2-6-21(27)16-26(33(42)43)40-32-30-29(34)25(17-41(30)38-19-37-32)20-10-12-22(35)13-11-20/h2-15,17,19,26H,16,18H2,1H3,(H,42,43)(H,37,38,40). The van der Waals surface area contributed by atoms with Crippen LogP contribution >= 0.6 is 15.9 Å². The number of ether oxygens (including phenoxy) is 2. The number of anilines is 1. The van der Waals surface area contributed by atoms with Crippen molar-refractivity contribution in [2.75, 3.05) is 12.4 Å². The molecule has 0 saturated carbocycles. The number of fused-ring (bicyclic) bond motifs is 1. The molecule has 1 unspecified atom stereocenters. The molecule has 3 heterocycles. The number of nitrogens with one attached hydrogen (secondary N) is 1. The van der Waals surface area contributed by atoms with Crippen molar-refractivity contribution >= 4 is 33.2 Å². The maximum Gasteiger partial charge on any atom is 0.326 e. The Labute approximate surface area is 265 Å². The molecule has 1 atom stereocenters. The molecule has 0 radical (unpaired) electrons. The highest BCUT2D eigenvalue weighted by molar-refractivity contribution is 9.10. The van der Waals surface area contributed by atoms with Crippen LogP contribution in [0.2, 0.25) is 0 Å². The van der Waals surface area contributed by atoms with Crippen molar-refractivity contribution in [1.29, 1.82) is 0 Å². The second-order valence-electron chi connectivity index (χ2n) is 9.97. The van der Waals surface area contributed by atoms with Gasteiger partial charge >= 0.3 is 5.97 Å². The molecule has 0 aliphatic heterocycles. The molecular weight excluding hydrogens is 643 g/mol. The topological polar surface area (TPSA) is 124 Å². The zero-order valence-electron chi connectivity index (χ0n) is 23.9. The van der Waals surface area contributed by atoms with Gasteiger partial charge in [0.25, 0.3) is 0 Å². The zero-order valence-corrected chi connectivity index (χ0v) is 25.5. The van der Waals surface area contributed by atoms with E-state index in [9.17, 15) is 14.3 Å². The van der Waals surface area contributed by atoms with Crippen LogP contribution in [0.15, 0.2) is 102 Å². The minimum atomic E-state index is -1.07. The SMILES string of the molecule is COc1ccccc1-c1nccc(COc2ccccc2CC(Nc2ncnn3cc(-c4ccc(F)cc4)c(Br)c23)C(=O)O)n1. The van der Waals surface area contributed by atoms with Crippen molar-refractivity contribution in [3.63, 3.8) is 0 Å². The summed E-state index contributed by atoms with van der Waals surface area (Å²) in [5, 5.41) is 17.6. The van der Waals surface area contributed by atoms with E-state index in [4.69, 9.17) is 9.47 Å². The van der Waals surface area contributed by atoms with Gasteiger partial charge in [0.1, 0.15) is 41.8 Å². The van der Waals surface area contributed by atoms with Crippen molar-refractivity contribution in [2.24, 2.45) is 0 Å². The summed E-state index contributed by atoms with van der Waals surface area (Å²) in [4.78, 5) is 25.9. The van der Waals surface area contributed by atoms with Gasteiger partial charge in [0.15, 0.2) is 11.6 Å².